The van der Waals surface area contributed by atoms with Crippen LogP contribution in [0.4, 0.5) is 0 Å². The molecule has 0 spiro atoms. The molecule has 3 aromatic carbocycles. The van der Waals surface area contributed by atoms with Crippen molar-refractivity contribution in [3.05, 3.63) is 96.1 Å². The number of benzene rings is 3. The number of aliphatic hydroxyl groups is 2. The highest BCUT2D eigenvalue weighted by atomic mass is 16.5. The highest BCUT2D eigenvalue weighted by Gasteiger charge is 2.18. The average Bonchev–Trinajstić information content (AvgIpc) is 3.08. The van der Waals surface area contributed by atoms with E-state index in [2.05, 4.69) is 13.8 Å². The molecule has 0 heterocycles. The van der Waals surface area contributed by atoms with Crippen LogP contribution >= 0.6 is 0 Å². The molecule has 0 aliphatic carbocycles. The zero-order chi connectivity index (χ0) is 32.8. The Kier molecular flexibility index (Phi) is 24.3. The van der Waals surface area contributed by atoms with Gasteiger partial charge in [0.2, 0.25) is 0 Å². The molecule has 3 rings (SSSR count). The third kappa shape index (κ3) is 20.1. The van der Waals surface area contributed by atoms with E-state index >= 15 is 0 Å². The van der Waals surface area contributed by atoms with Crippen LogP contribution in [0.2, 0.25) is 0 Å². The Morgan fingerprint density at radius 1 is 0.489 bits per heavy atom. The van der Waals surface area contributed by atoms with Crippen LogP contribution in [0.3, 0.4) is 0 Å². The van der Waals surface area contributed by atoms with Crippen LogP contribution < -0.4 is 4.74 Å². The molecular formula is C38H54O7. The van der Waals surface area contributed by atoms with E-state index in [4.69, 9.17) is 24.4 Å². The summed E-state index contributed by atoms with van der Waals surface area (Å²) >= 11 is 0. The molecule has 0 saturated carbocycles. The van der Waals surface area contributed by atoms with Crippen molar-refractivity contribution in [2.24, 2.45) is 0 Å². The van der Waals surface area contributed by atoms with Crippen molar-refractivity contribution in [3.8, 4) is 11.5 Å². The van der Waals surface area contributed by atoms with E-state index in [0.717, 1.165) is 37.2 Å². The van der Waals surface area contributed by atoms with Crippen LogP contribution in [0.25, 0.3) is 0 Å². The van der Waals surface area contributed by atoms with Crippen molar-refractivity contribution < 1.29 is 34.0 Å². The fraction of sp³-hybridized carbons (Fsp3) is 0.474. The lowest BCUT2D eigenvalue weighted by molar-refractivity contribution is 0.0450. The second-order valence-electron chi connectivity index (χ2n) is 10.5. The zero-order valence-corrected chi connectivity index (χ0v) is 27.3. The van der Waals surface area contributed by atoms with Gasteiger partial charge >= 0.3 is 11.9 Å². The SMILES string of the molecule is CCCCCCCCOC(=O)c1ccccc1C(=O)OCCCCCCCC.OCCO.c1ccc(Oc2ccccc2)cc1. The quantitative estimate of drug-likeness (QED) is 0.101. The summed E-state index contributed by atoms with van der Waals surface area (Å²) in [7, 11) is 0. The summed E-state index contributed by atoms with van der Waals surface area (Å²) in [5.74, 6) is 0.851. The molecule has 0 atom stereocenters. The summed E-state index contributed by atoms with van der Waals surface area (Å²) in [6.07, 6.45) is 13.6. The molecule has 2 N–H and O–H groups in total. The molecule has 0 radical (unpaired) electrons. The van der Waals surface area contributed by atoms with E-state index in [0.29, 0.717) is 24.3 Å². The summed E-state index contributed by atoms with van der Waals surface area (Å²) in [6, 6.07) is 26.3. The largest absolute Gasteiger partial charge is 0.462 e. The number of rotatable bonds is 19. The van der Waals surface area contributed by atoms with Crippen molar-refractivity contribution >= 4 is 11.9 Å². The normalized spacial score (nSPS) is 10.0. The Balaban J connectivity index is 0.000000485. The van der Waals surface area contributed by atoms with E-state index in [1.165, 1.54) is 51.4 Å². The first-order valence-corrected chi connectivity index (χ1v) is 16.5. The molecule has 0 saturated heterocycles. The predicted octanol–water partition coefficient (Wildman–Crippen LogP) is 9.17. The summed E-state index contributed by atoms with van der Waals surface area (Å²) in [4.78, 5) is 24.7. The van der Waals surface area contributed by atoms with Crippen molar-refractivity contribution in [1.29, 1.82) is 0 Å². The van der Waals surface area contributed by atoms with Gasteiger partial charge in [-0.3, -0.25) is 0 Å². The third-order valence-electron chi connectivity index (χ3n) is 6.65. The van der Waals surface area contributed by atoms with Crippen LogP contribution in [0.5, 0.6) is 11.5 Å². The van der Waals surface area contributed by atoms with Crippen molar-refractivity contribution in [1.82, 2.24) is 0 Å². The molecule has 45 heavy (non-hydrogen) atoms. The molecular weight excluding hydrogens is 568 g/mol. The topological polar surface area (TPSA) is 102 Å². The molecule has 0 bridgehead atoms. The minimum Gasteiger partial charge on any atom is -0.462 e. The van der Waals surface area contributed by atoms with Gasteiger partial charge in [-0.25, -0.2) is 9.59 Å². The van der Waals surface area contributed by atoms with E-state index in [9.17, 15) is 9.59 Å². The molecule has 248 valence electrons. The van der Waals surface area contributed by atoms with Gasteiger partial charge in [-0.1, -0.05) is 127 Å². The number of carbonyl (C=O) groups excluding carboxylic acids is 2. The lowest BCUT2D eigenvalue weighted by Crippen LogP contribution is -2.15. The van der Waals surface area contributed by atoms with Crippen LogP contribution in [0, 0.1) is 0 Å². The van der Waals surface area contributed by atoms with Crippen LogP contribution in [-0.2, 0) is 9.47 Å². The number of hydrogen-bond donors (Lipinski definition) is 2. The standard InChI is InChI=1S/C24H38O4.C12H10O.C2H6O2/c1-3-5-7-9-11-15-19-27-23(25)21-17-13-14-18-22(21)24(26)28-20-16-12-10-8-6-4-2;1-3-7-11(8-4-1)13-12-9-5-2-6-10-12;3-1-2-4/h13-14,17-18H,3-12,15-16,19-20H2,1-2H3;1-10H;3-4H,1-2H2. The van der Waals surface area contributed by atoms with Gasteiger partial charge in [0.05, 0.1) is 37.6 Å². The number of hydrogen-bond acceptors (Lipinski definition) is 7. The van der Waals surface area contributed by atoms with Gasteiger partial charge in [0.1, 0.15) is 11.5 Å². The number of aliphatic hydroxyl groups excluding tert-OH is 2. The van der Waals surface area contributed by atoms with Crippen LogP contribution in [0.15, 0.2) is 84.9 Å². The first-order chi connectivity index (χ1) is 22.1. The maximum atomic E-state index is 12.4. The number of ether oxygens (including phenoxy) is 3. The molecule has 0 fully saturated rings. The highest BCUT2D eigenvalue weighted by Crippen LogP contribution is 2.19. The second kappa shape index (κ2) is 27.8. The van der Waals surface area contributed by atoms with Crippen LogP contribution in [0.1, 0.15) is 112 Å². The summed E-state index contributed by atoms with van der Waals surface area (Å²) in [6.45, 7) is 4.92. The molecule has 0 aliphatic heterocycles. The molecule has 0 unspecified atom stereocenters. The molecule has 7 heteroatoms. The van der Waals surface area contributed by atoms with E-state index in [1.807, 2.05) is 60.7 Å². The lowest BCUT2D eigenvalue weighted by Gasteiger charge is -2.10. The summed E-state index contributed by atoms with van der Waals surface area (Å²) < 4.78 is 16.3. The molecule has 0 aromatic heterocycles. The van der Waals surface area contributed by atoms with Gasteiger partial charge in [0.15, 0.2) is 0 Å². The molecule has 7 nitrogen and oxygen atoms in total. The highest BCUT2D eigenvalue weighted by molar-refractivity contribution is 6.03. The zero-order valence-electron chi connectivity index (χ0n) is 27.3. The summed E-state index contributed by atoms with van der Waals surface area (Å²) in [5, 5.41) is 15.2. The fourth-order valence-electron chi connectivity index (χ4n) is 4.20. The average molecular weight is 623 g/mol. The Morgan fingerprint density at radius 3 is 1.18 bits per heavy atom. The first kappa shape index (κ1) is 39.3. The van der Waals surface area contributed by atoms with Crippen LogP contribution in [-0.4, -0.2) is 48.6 Å². The van der Waals surface area contributed by atoms with E-state index in [1.54, 1.807) is 24.3 Å². The number of unbranched alkanes of at least 4 members (excludes halogenated alkanes) is 10. The lowest BCUT2D eigenvalue weighted by atomic mass is 10.1. The Bertz CT molecular complexity index is 1030. The summed E-state index contributed by atoms with van der Waals surface area (Å²) in [5.41, 5.74) is 0.586. The maximum absolute atomic E-state index is 12.4. The van der Waals surface area contributed by atoms with E-state index in [-0.39, 0.29) is 13.2 Å². The Morgan fingerprint density at radius 2 is 0.822 bits per heavy atom. The third-order valence-corrected chi connectivity index (χ3v) is 6.65. The second-order valence-corrected chi connectivity index (χ2v) is 10.5. The number of carbonyl (C=O) groups is 2. The Hall–Kier alpha value is -3.68. The van der Waals surface area contributed by atoms with Gasteiger partial charge in [0, 0.05) is 0 Å². The molecule has 3 aromatic rings. The Labute approximate surface area is 270 Å². The van der Waals surface area contributed by atoms with Crippen molar-refractivity contribution in [2.45, 2.75) is 90.9 Å². The molecule has 0 aliphatic rings. The number of esters is 2. The molecule has 0 amide bonds. The monoisotopic (exact) mass is 622 g/mol. The fourth-order valence-corrected chi connectivity index (χ4v) is 4.20. The predicted molar refractivity (Wildman–Crippen MR) is 181 cm³/mol. The van der Waals surface area contributed by atoms with Gasteiger partial charge < -0.3 is 24.4 Å². The number of para-hydroxylation sites is 2. The smallest absolute Gasteiger partial charge is 0.339 e. The van der Waals surface area contributed by atoms with Gasteiger partial charge in [0.25, 0.3) is 0 Å². The van der Waals surface area contributed by atoms with E-state index < -0.39 is 11.9 Å². The first-order valence-electron chi connectivity index (χ1n) is 16.5. The van der Waals surface area contributed by atoms with Crippen molar-refractivity contribution in [3.63, 3.8) is 0 Å². The minimum absolute atomic E-state index is 0.125. The maximum Gasteiger partial charge on any atom is 0.339 e. The van der Waals surface area contributed by atoms with Gasteiger partial charge in [-0.15, -0.1) is 0 Å². The van der Waals surface area contributed by atoms with Crippen molar-refractivity contribution in [2.75, 3.05) is 26.4 Å². The minimum atomic E-state index is -0.444. The van der Waals surface area contributed by atoms with Gasteiger partial charge in [-0.2, -0.15) is 0 Å². The van der Waals surface area contributed by atoms with Gasteiger partial charge in [-0.05, 0) is 49.2 Å².